The van der Waals surface area contributed by atoms with Crippen LogP contribution >= 0.6 is 0 Å². The van der Waals surface area contributed by atoms with Crippen molar-refractivity contribution in [3.05, 3.63) is 68.3 Å². The number of alkyl halides is 1. The van der Waals surface area contributed by atoms with E-state index in [1.54, 1.807) is 6.07 Å². The number of nitriles is 1. The zero-order valence-corrected chi connectivity index (χ0v) is 12.5. The van der Waals surface area contributed by atoms with E-state index in [0.29, 0.717) is 10.9 Å². The van der Waals surface area contributed by atoms with Gasteiger partial charge in [-0.2, -0.15) is 5.26 Å². The Bertz CT molecular complexity index is 1010. The van der Waals surface area contributed by atoms with Crippen molar-refractivity contribution in [1.82, 2.24) is 9.13 Å². The molecule has 2 aromatic rings. The third-order valence-corrected chi connectivity index (χ3v) is 3.31. The topological polar surface area (TPSA) is 84.9 Å². The Morgan fingerprint density at radius 2 is 2.04 bits per heavy atom. The van der Waals surface area contributed by atoms with E-state index in [1.807, 2.05) is 0 Å². The van der Waals surface area contributed by atoms with Gasteiger partial charge in [-0.15, -0.1) is 0 Å². The first-order valence-corrected chi connectivity index (χ1v) is 6.64. The van der Waals surface area contributed by atoms with E-state index in [0.717, 1.165) is 22.8 Å². The lowest BCUT2D eigenvalue weighted by molar-refractivity contribution is 0.112. The van der Waals surface area contributed by atoms with Crippen molar-refractivity contribution in [3.63, 3.8) is 0 Å². The lowest BCUT2D eigenvalue weighted by Gasteiger charge is -2.14. The van der Waals surface area contributed by atoms with Gasteiger partial charge in [0.2, 0.25) is 0 Å². The normalized spacial score (nSPS) is 10.2. The van der Waals surface area contributed by atoms with Gasteiger partial charge in [0.25, 0.3) is 5.56 Å². The van der Waals surface area contributed by atoms with Crippen molar-refractivity contribution in [3.8, 4) is 11.8 Å². The number of hydrogen-bond acceptors (Lipinski definition) is 4. The van der Waals surface area contributed by atoms with Gasteiger partial charge in [0, 0.05) is 17.3 Å². The van der Waals surface area contributed by atoms with Gasteiger partial charge in [-0.25, -0.2) is 18.1 Å². The monoisotopic (exact) mass is 331 g/mol. The molecule has 0 radical (unpaired) electrons. The summed E-state index contributed by atoms with van der Waals surface area (Å²) in [6.07, 6.45) is 0.305. The number of benzene rings is 1. The van der Waals surface area contributed by atoms with Crippen LogP contribution in [-0.2, 0) is 6.67 Å². The van der Waals surface area contributed by atoms with Gasteiger partial charge < -0.3 is 0 Å². The first-order chi connectivity index (χ1) is 11.3. The van der Waals surface area contributed by atoms with E-state index in [2.05, 4.69) is 6.58 Å². The summed E-state index contributed by atoms with van der Waals surface area (Å²) in [4.78, 5) is 35.6. The van der Waals surface area contributed by atoms with Gasteiger partial charge in [0.05, 0.1) is 23.0 Å². The van der Waals surface area contributed by atoms with E-state index in [-0.39, 0.29) is 22.5 Å². The maximum absolute atomic E-state index is 14.2. The Morgan fingerprint density at radius 3 is 2.54 bits per heavy atom. The standard InChI is InChI=1S/C16H11F2N3O3/c1-9(2)20-12(6-17)5-15(23)21(16(20)24)14-4-11(8-22)10(7-19)3-13(14)18/h3-5,8H,1,6H2,2H3. The summed E-state index contributed by atoms with van der Waals surface area (Å²) in [7, 11) is 0. The minimum Gasteiger partial charge on any atom is -0.298 e. The highest BCUT2D eigenvalue weighted by atomic mass is 19.1. The van der Waals surface area contributed by atoms with E-state index < -0.39 is 29.4 Å². The molecule has 0 unspecified atom stereocenters. The van der Waals surface area contributed by atoms with Crippen LogP contribution in [0, 0.1) is 17.1 Å². The molecule has 24 heavy (non-hydrogen) atoms. The van der Waals surface area contributed by atoms with E-state index in [9.17, 15) is 23.2 Å². The largest absolute Gasteiger partial charge is 0.340 e. The zero-order valence-electron chi connectivity index (χ0n) is 12.5. The van der Waals surface area contributed by atoms with E-state index in [1.165, 1.54) is 6.92 Å². The average Bonchev–Trinajstić information content (AvgIpc) is 2.54. The predicted molar refractivity (Wildman–Crippen MR) is 82.2 cm³/mol. The Morgan fingerprint density at radius 1 is 1.38 bits per heavy atom. The summed E-state index contributed by atoms with van der Waals surface area (Å²) < 4.78 is 28.6. The third-order valence-electron chi connectivity index (χ3n) is 3.31. The molecule has 0 bridgehead atoms. The first kappa shape index (κ1) is 17.0. The number of halogens is 2. The molecule has 2 rings (SSSR count). The molecule has 8 heteroatoms. The number of aromatic nitrogens is 2. The molecule has 0 spiro atoms. The molecule has 1 heterocycles. The minimum absolute atomic E-state index is 0.131. The molecule has 122 valence electrons. The fourth-order valence-corrected chi connectivity index (χ4v) is 2.26. The van der Waals surface area contributed by atoms with Crippen molar-refractivity contribution >= 4 is 12.0 Å². The number of carbonyl (C=O) groups excluding carboxylic acids is 1. The molecule has 0 N–H and O–H groups in total. The number of allylic oxidation sites excluding steroid dienone is 1. The lowest BCUT2D eigenvalue weighted by Crippen LogP contribution is -2.39. The highest BCUT2D eigenvalue weighted by molar-refractivity contribution is 5.80. The van der Waals surface area contributed by atoms with Crippen LogP contribution in [-0.4, -0.2) is 15.4 Å². The summed E-state index contributed by atoms with van der Waals surface area (Å²) in [6.45, 7) is 3.86. The summed E-state index contributed by atoms with van der Waals surface area (Å²) in [5.74, 6) is -1.04. The second-order valence-corrected chi connectivity index (χ2v) is 4.92. The van der Waals surface area contributed by atoms with Gasteiger partial charge in [0.1, 0.15) is 12.5 Å². The van der Waals surface area contributed by atoms with Gasteiger partial charge in [-0.05, 0) is 19.1 Å². The molecule has 0 amide bonds. The first-order valence-electron chi connectivity index (χ1n) is 6.64. The highest BCUT2D eigenvalue weighted by Crippen LogP contribution is 2.17. The van der Waals surface area contributed by atoms with Crippen LogP contribution in [0.2, 0.25) is 0 Å². The number of hydrogen-bond donors (Lipinski definition) is 0. The van der Waals surface area contributed by atoms with E-state index in [4.69, 9.17) is 5.26 Å². The van der Waals surface area contributed by atoms with Gasteiger partial charge >= 0.3 is 5.69 Å². The molecule has 0 fully saturated rings. The van der Waals surface area contributed by atoms with Crippen molar-refractivity contribution in [2.45, 2.75) is 13.6 Å². The molecule has 6 nitrogen and oxygen atoms in total. The Labute approximate surface area is 134 Å². The quantitative estimate of drug-likeness (QED) is 0.799. The molecule has 0 saturated heterocycles. The molecular weight excluding hydrogens is 320 g/mol. The fourth-order valence-electron chi connectivity index (χ4n) is 2.26. The number of nitrogens with zero attached hydrogens (tertiary/aromatic N) is 3. The van der Waals surface area contributed by atoms with Crippen LogP contribution < -0.4 is 11.2 Å². The Hall–Kier alpha value is -3.34. The van der Waals surface area contributed by atoms with Crippen molar-refractivity contribution in [2.24, 2.45) is 0 Å². The smallest absolute Gasteiger partial charge is 0.298 e. The summed E-state index contributed by atoms with van der Waals surface area (Å²) in [5.41, 5.74) is -3.01. The molecule has 0 aliphatic rings. The van der Waals surface area contributed by atoms with Gasteiger partial charge in [0.15, 0.2) is 6.29 Å². The van der Waals surface area contributed by atoms with Crippen LogP contribution in [0.5, 0.6) is 0 Å². The molecular formula is C16H11F2N3O3. The van der Waals surface area contributed by atoms with Gasteiger partial charge in [-0.3, -0.25) is 14.2 Å². The summed E-state index contributed by atoms with van der Waals surface area (Å²) >= 11 is 0. The summed E-state index contributed by atoms with van der Waals surface area (Å²) in [5, 5.41) is 8.87. The van der Waals surface area contributed by atoms with Crippen LogP contribution in [0.15, 0.2) is 34.4 Å². The fraction of sp³-hybridized carbons (Fsp3) is 0.125. The summed E-state index contributed by atoms with van der Waals surface area (Å²) in [6, 6.07) is 4.15. The number of aldehydes is 1. The lowest BCUT2D eigenvalue weighted by atomic mass is 10.1. The van der Waals surface area contributed by atoms with Crippen molar-refractivity contribution in [1.29, 1.82) is 5.26 Å². The van der Waals surface area contributed by atoms with Crippen LogP contribution in [0.25, 0.3) is 11.4 Å². The van der Waals surface area contributed by atoms with Crippen LogP contribution in [0.4, 0.5) is 8.78 Å². The van der Waals surface area contributed by atoms with Crippen molar-refractivity contribution < 1.29 is 13.6 Å². The van der Waals surface area contributed by atoms with E-state index >= 15 is 0 Å². The maximum Gasteiger partial charge on any atom is 0.340 e. The Balaban J connectivity index is 2.94. The van der Waals surface area contributed by atoms with Crippen LogP contribution in [0.3, 0.4) is 0 Å². The highest BCUT2D eigenvalue weighted by Gasteiger charge is 2.18. The number of rotatable bonds is 4. The Kier molecular flexibility index (Phi) is 4.55. The molecule has 1 aromatic carbocycles. The molecule has 1 aromatic heterocycles. The molecule has 0 aliphatic carbocycles. The average molecular weight is 331 g/mol. The van der Waals surface area contributed by atoms with Gasteiger partial charge in [-0.1, -0.05) is 6.58 Å². The second kappa shape index (κ2) is 6.42. The predicted octanol–water partition coefficient (Wildman–Crippen LogP) is 1.78. The van der Waals surface area contributed by atoms with Crippen molar-refractivity contribution in [2.75, 3.05) is 0 Å². The maximum atomic E-state index is 14.2. The second-order valence-electron chi connectivity index (χ2n) is 4.92. The molecule has 0 atom stereocenters. The molecule has 0 saturated carbocycles. The minimum atomic E-state index is -1.09. The molecule has 0 aliphatic heterocycles. The SMILES string of the molecule is C=C(C)n1c(CF)cc(=O)n(-c2cc(C=O)c(C#N)cc2F)c1=O. The number of carbonyl (C=O) groups is 1. The van der Waals surface area contributed by atoms with Crippen LogP contribution in [0.1, 0.15) is 28.5 Å². The third kappa shape index (κ3) is 2.67. The zero-order chi connectivity index (χ0) is 18.0.